The zero-order valence-electron chi connectivity index (χ0n) is 20.0. The minimum absolute atomic E-state index is 0.0347. The van der Waals surface area contributed by atoms with Crippen molar-refractivity contribution in [1.82, 2.24) is 5.32 Å². The predicted molar refractivity (Wildman–Crippen MR) is 124 cm³/mol. The van der Waals surface area contributed by atoms with E-state index in [0.717, 1.165) is 55.3 Å². The van der Waals surface area contributed by atoms with Crippen molar-refractivity contribution in [1.29, 1.82) is 0 Å². The van der Waals surface area contributed by atoms with Crippen LogP contribution in [-0.2, 0) is 4.79 Å². The third-order valence-electron chi connectivity index (χ3n) is 11.0. The molecule has 0 spiro atoms. The molecule has 4 aliphatic carbocycles. The summed E-state index contributed by atoms with van der Waals surface area (Å²) in [5.41, 5.74) is 13.4. The van der Waals surface area contributed by atoms with Crippen LogP contribution < -0.4 is 16.8 Å². The minimum Gasteiger partial charge on any atom is -0.352 e. The molecule has 0 radical (unpaired) electrons. The maximum Gasteiger partial charge on any atom is 0.233 e. The quantitative estimate of drug-likeness (QED) is 0.611. The highest BCUT2D eigenvalue weighted by atomic mass is 16.1. The van der Waals surface area contributed by atoms with Gasteiger partial charge in [-0.1, -0.05) is 40.5 Å². The van der Waals surface area contributed by atoms with Crippen LogP contribution >= 0.6 is 0 Å². The lowest BCUT2D eigenvalue weighted by atomic mass is 9.42. The molecule has 5 N–H and O–H groups in total. The molecule has 4 aliphatic rings. The fraction of sp³-hybridized carbons (Fsp3) is 0.962. The summed E-state index contributed by atoms with van der Waals surface area (Å²) in [6.45, 7) is 10.1. The molecule has 0 aromatic carbocycles. The number of rotatable bonds is 5. The van der Waals surface area contributed by atoms with Crippen LogP contribution in [0.4, 0.5) is 0 Å². The highest BCUT2D eigenvalue weighted by molar-refractivity contribution is 5.78. The summed E-state index contributed by atoms with van der Waals surface area (Å²) in [4.78, 5) is 11.9. The average Bonchev–Trinajstić information content (AvgIpc) is 3.06. The lowest BCUT2D eigenvalue weighted by Gasteiger charge is -2.65. The van der Waals surface area contributed by atoms with E-state index in [0.29, 0.717) is 5.41 Å². The van der Waals surface area contributed by atoms with E-state index in [-0.39, 0.29) is 29.4 Å². The van der Waals surface area contributed by atoms with Gasteiger partial charge < -0.3 is 16.8 Å². The average molecular weight is 418 g/mol. The molecule has 30 heavy (non-hydrogen) atoms. The Balaban J connectivity index is 1.52. The number of amides is 1. The Bertz CT molecular complexity index is 652. The summed E-state index contributed by atoms with van der Waals surface area (Å²) in [6.07, 6.45) is 13.9. The highest BCUT2D eigenvalue weighted by Gasteiger charge is 2.64. The predicted octanol–water partition coefficient (Wildman–Crippen LogP) is 4.61. The molecule has 4 fully saturated rings. The number of carbonyl (C=O) groups excluding carboxylic acids is 1. The molecule has 4 nitrogen and oxygen atoms in total. The van der Waals surface area contributed by atoms with Gasteiger partial charge in [-0.15, -0.1) is 0 Å². The first-order valence-corrected chi connectivity index (χ1v) is 13.0. The van der Waals surface area contributed by atoms with Crippen molar-refractivity contribution in [3.05, 3.63) is 0 Å². The second-order valence-corrected chi connectivity index (χ2v) is 12.2. The van der Waals surface area contributed by atoms with Gasteiger partial charge >= 0.3 is 0 Å². The van der Waals surface area contributed by atoms with Crippen molar-refractivity contribution in [3.63, 3.8) is 0 Å². The fourth-order valence-electron chi connectivity index (χ4n) is 9.39. The lowest BCUT2D eigenvalue weighted by Crippen LogP contribution is -2.68. The Hall–Kier alpha value is -0.610. The van der Waals surface area contributed by atoms with E-state index in [2.05, 4.69) is 33.0 Å². The summed E-state index contributed by atoms with van der Waals surface area (Å²) in [5.74, 6) is 4.28. The van der Waals surface area contributed by atoms with Crippen molar-refractivity contribution in [2.24, 2.45) is 51.9 Å². The lowest BCUT2D eigenvalue weighted by molar-refractivity contribution is -0.133. The topological polar surface area (TPSA) is 81.1 Å². The molecule has 0 aromatic heterocycles. The number of nitrogens with one attached hydrogen (secondary N) is 1. The van der Waals surface area contributed by atoms with Crippen LogP contribution in [0.1, 0.15) is 98.3 Å². The van der Waals surface area contributed by atoms with Crippen molar-refractivity contribution < 1.29 is 4.79 Å². The Morgan fingerprint density at radius 2 is 1.83 bits per heavy atom. The van der Waals surface area contributed by atoms with Crippen molar-refractivity contribution in [3.8, 4) is 0 Å². The first kappa shape index (κ1) is 22.6. The SMILES string of the molecule is CCCC(C)C1CCC2C3CCC4(N)CC(NC(=O)CN)CCC4(C)C3CCC12C. The third kappa shape index (κ3) is 3.36. The highest BCUT2D eigenvalue weighted by Crippen LogP contribution is 2.68. The van der Waals surface area contributed by atoms with Crippen molar-refractivity contribution >= 4 is 5.91 Å². The Morgan fingerprint density at radius 1 is 1.07 bits per heavy atom. The Kier molecular flexibility index (Phi) is 6.07. The first-order valence-electron chi connectivity index (χ1n) is 13.0. The van der Waals surface area contributed by atoms with Crippen LogP contribution in [0.15, 0.2) is 0 Å². The van der Waals surface area contributed by atoms with Gasteiger partial charge in [-0.05, 0) is 98.2 Å². The van der Waals surface area contributed by atoms with Gasteiger partial charge in [0.2, 0.25) is 5.91 Å². The van der Waals surface area contributed by atoms with Crippen molar-refractivity contribution in [2.75, 3.05) is 6.54 Å². The normalized spacial score (nSPS) is 48.9. The molecule has 4 saturated carbocycles. The maximum absolute atomic E-state index is 11.9. The molecule has 172 valence electrons. The smallest absolute Gasteiger partial charge is 0.233 e. The number of hydrogen-bond donors (Lipinski definition) is 3. The molecule has 9 unspecified atom stereocenters. The van der Waals surface area contributed by atoms with Crippen LogP contribution in [-0.4, -0.2) is 24.0 Å². The Labute approximate surface area is 184 Å². The molecule has 1 amide bonds. The largest absolute Gasteiger partial charge is 0.352 e. The van der Waals surface area contributed by atoms with Gasteiger partial charge in [0, 0.05) is 11.6 Å². The monoisotopic (exact) mass is 417 g/mol. The van der Waals surface area contributed by atoms with Crippen molar-refractivity contribution in [2.45, 2.75) is 110 Å². The molecule has 9 atom stereocenters. The van der Waals surface area contributed by atoms with Gasteiger partial charge in [0.25, 0.3) is 0 Å². The molecular weight excluding hydrogens is 370 g/mol. The van der Waals surface area contributed by atoms with Gasteiger partial charge in [0.15, 0.2) is 0 Å². The molecule has 0 saturated heterocycles. The van der Waals surface area contributed by atoms with Crippen LogP contribution in [0, 0.1) is 40.4 Å². The van der Waals surface area contributed by atoms with E-state index in [1.54, 1.807) is 0 Å². The molecule has 0 aromatic rings. The molecule has 4 rings (SSSR count). The number of fused-ring (bicyclic) bond motifs is 5. The molecule has 0 heterocycles. The fourth-order valence-corrected chi connectivity index (χ4v) is 9.39. The van der Waals surface area contributed by atoms with E-state index < -0.39 is 0 Å². The van der Waals surface area contributed by atoms with Gasteiger partial charge in [-0.3, -0.25) is 4.79 Å². The van der Waals surface area contributed by atoms with Crippen LogP contribution in [0.3, 0.4) is 0 Å². The van der Waals surface area contributed by atoms with Crippen LogP contribution in [0.25, 0.3) is 0 Å². The van der Waals surface area contributed by atoms with E-state index >= 15 is 0 Å². The van der Waals surface area contributed by atoms with Gasteiger partial charge in [-0.2, -0.15) is 0 Å². The third-order valence-corrected chi connectivity index (χ3v) is 11.0. The summed E-state index contributed by atoms with van der Waals surface area (Å²) in [5, 5.41) is 3.15. The zero-order valence-corrected chi connectivity index (χ0v) is 20.0. The molecule has 0 aliphatic heterocycles. The van der Waals surface area contributed by atoms with E-state index in [9.17, 15) is 4.79 Å². The van der Waals surface area contributed by atoms with Crippen LogP contribution in [0.5, 0.6) is 0 Å². The summed E-state index contributed by atoms with van der Waals surface area (Å²) < 4.78 is 0. The van der Waals surface area contributed by atoms with Gasteiger partial charge in [-0.25, -0.2) is 0 Å². The number of hydrogen-bond acceptors (Lipinski definition) is 3. The summed E-state index contributed by atoms with van der Waals surface area (Å²) in [6, 6.07) is 0.204. The second kappa shape index (κ2) is 8.06. The molecule has 0 bridgehead atoms. The number of nitrogens with two attached hydrogens (primary N) is 2. The zero-order chi connectivity index (χ0) is 21.7. The Morgan fingerprint density at radius 3 is 2.53 bits per heavy atom. The van der Waals surface area contributed by atoms with Crippen LogP contribution in [0.2, 0.25) is 0 Å². The van der Waals surface area contributed by atoms with Gasteiger partial charge in [0.05, 0.1) is 6.54 Å². The first-order chi connectivity index (χ1) is 14.2. The molecular formula is C26H47N3O. The summed E-state index contributed by atoms with van der Waals surface area (Å²) >= 11 is 0. The molecule has 4 heteroatoms. The van der Waals surface area contributed by atoms with E-state index in [1.165, 1.54) is 44.9 Å². The maximum atomic E-state index is 11.9. The standard InChI is InChI=1S/C26H47N3O/c1-5-6-17(2)20-7-8-21-19-10-14-26(28)15-18(29-23(30)16-27)9-13-25(26,4)22(19)11-12-24(20,21)3/h17-22H,5-16,27-28H2,1-4H3,(H,29,30). The number of carbonyl (C=O) groups is 1. The van der Waals surface area contributed by atoms with Gasteiger partial charge in [0.1, 0.15) is 0 Å². The second-order valence-electron chi connectivity index (χ2n) is 12.2. The summed E-state index contributed by atoms with van der Waals surface area (Å²) in [7, 11) is 0. The van der Waals surface area contributed by atoms with E-state index in [1.807, 2.05) is 0 Å². The van der Waals surface area contributed by atoms with E-state index in [4.69, 9.17) is 11.5 Å². The minimum atomic E-state index is -0.139.